The highest BCUT2D eigenvalue weighted by molar-refractivity contribution is 6.46. The maximum atomic E-state index is 13.9. The molecular formula is C27H33Cl2N5O5. The normalized spacial score (nSPS) is 17.9. The van der Waals surface area contributed by atoms with Crippen molar-refractivity contribution in [2.75, 3.05) is 38.7 Å². The predicted octanol–water partition coefficient (Wildman–Crippen LogP) is 5.96. The van der Waals surface area contributed by atoms with E-state index in [1.54, 1.807) is 49.7 Å². The Balaban J connectivity index is 1.71. The molecule has 4 heterocycles. The Morgan fingerprint density at radius 1 is 1.26 bits per heavy atom. The zero-order chi connectivity index (χ0) is 27.9. The lowest BCUT2D eigenvalue weighted by Crippen LogP contribution is -2.42. The van der Waals surface area contributed by atoms with Crippen LogP contribution in [-0.4, -0.2) is 70.3 Å². The first-order chi connectivity index (χ1) is 18.6. The molecule has 3 aromatic rings. The summed E-state index contributed by atoms with van der Waals surface area (Å²) in [6, 6.07) is 1.59. The summed E-state index contributed by atoms with van der Waals surface area (Å²) in [7, 11) is 1.61. The molecule has 5 rings (SSSR count). The first-order valence-electron chi connectivity index (χ1n) is 13.1. The minimum absolute atomic E-state index is 0.165. The number of anilines is 1. The number of nitrogens with zero attached hydrogens (tertiary/aromatic N) is 4. The highest BCUT2D eigenvalue weighted by Crippen LogP contribution is 2.46. The van der Waals surface area contributed by atoms with Crippen molar-refractivity contribution in [3.8, 4) is 11.1 Å². The van der Waals surface area contributed by atoms with E-state index < -0.39 is 11.7 Å². The van der Waals surface area contributed by atoms with Gasteiger partial charge in [0, 0.05) is 56.1 Å². The van der Waals surface area contributed by atoms with E-state index in [1.165, 1.54) is 0 Å². The average Bonchev–Trinajstić information content (AvgIpc) is 3.50. The standard InChI is InChI=1S/C27H33Cl2N5O5/c1-27(2,3)39-26(36)31-18-13-17(28)22(29)23-21(18)20(16-14-30-34(15-16)19-7-5-6-11-38-19)24-25(35)32(10-12-37-4)8-9-33(23)24/h13-15,19H,5-12H2,1-4H3,(H,31,36). The minimum Gasteiger partial charge on any atom is -0.444 e. The van der Waals surface area contributed by atoms with Gasteiger partial charge in [0.25, 0.3) is 5.91 Å². The van der Waals surface area contributed by atoms with Crippen LogP contribution >= 0.6 is 23.2 Å². The van der Waals surface area contributed by atoms with E-state index in [-0.39, 0.29) is 17.2 Å². The van der Waals surface area contributed by atoms with Crippen LogP contribution in [0.3, 0.4) is 0 Å². The van der Waals surface area contributed by atoms with Gasteiger partial charge in [0.05, 0.1) is 34.1 Å². The molecule has 1 atom stereocenters. The van der Waals surface area contributed by atoms with Gasteiger partial charge in [-0.1, -0.05) is 23.2 Å². The quantitative estimate of drug-likeness (QED) is 0.388. The van der Waals surface area contributed by atoms with Gasteiger partial charge in [0.2, 0.25) is 0 Å². The fourth-order valence-electron chi connectivity index (χ4n) is 5.17. The zero-order valence-corrected chi connectivity index (χ0v) is 24.1. The third-order valence-electron chi connectivity index (χ3n) is 6.85. The summed E-state index contributed by atoms with van der Waals surface area (Å²) in [5, 5.41) is 8.58. The number of halogens is 2. The fraction of sp³-hybridized carbons (Fsp3) is 0.519. The van der Waals surface area contributed by atoms with E-state index in [9.17, 15) is 9.59 Å². The van der Waals surface area contributed by atoms with E-state index in [0.717, 1.165) is 19.3 Å². The second-order valence-electron chi connectivity index (χ2n) is 10.8. The largest absolute Gasteiger partial charge is 0.444 e. The fourth-order valence-corrected chi connectivity index (χ4v) is 5.62. The predicted molar refractivity (Wildman–Crippen MR) is 150 cm³/mol. The van der Waals surface area contributed by atoms with Crippen LogP contribution in [0.15, 0.2) is 18.5 Å². The number of ether oxygens (including phenoxy) is 3. The first kappa shape index (κ1) is 27.8. The molecule has 0 bridgehead atoms. The topological polar surface area (TPSA) is 99.9 Å². The minimum atomic E-state index is -0.707. The Labute approximate surface area is 237 Å². The highest BCUT2D eigenvalue weighted by atomic mass is 35.5. The lowest BCUT2D eigenvalue weighted by atomic mass is 10.0. The number of amides is 2. The maximum absolute atomic E-state index is 13.9. The molecule has 1 fully saturated rings. The van der Waals surface area contributed by atoms with Crippen molar-refractivity contribution in [3.05, 3.63) is 34.2 Å². The zero-order valence-electron chi connectivity index (χ0n) is 22.6. The van der Waals surface area contributed by atoms with E-state index in [4.69, 9.17) is 37.4 Å². The Kier molecular flexibility index (Phi) is 7.83. The number of hydrogen-bond donors (Lipinski definition) is 1. The summed E-state index contributed by atoms with van der Waals surface area (Å²) < 4.78 is 20.4. The van der Waals surface area contributed by atoms with Gasteiger partial charge in [-0.3, -0.25) is 10.1 Å². The van der Waals surface area contributed by atoms with E-state index in [1.807, 2.05) is 10.8 Å². The molecule has 1 aromatic carbocycles. The van der Waals surface area contributed by atoms with Gasteiger partial charge in [-0.25, -0.2) is 9.48 Å². The van der Waals surface area contributed by atoms with Crippen LogP contribution in [0, 0.1) is 0 Å². The number of benzene rings is 1. The Hall–Kier alpha value is -2.79. The van der Waals surface area contributed by atoms with Crippen LogP contribution in [0.4, 0.5) is 10.5 Å². The molecule has 0 saturated carbocycles. The molecule has 0 spiro atoms. The van der Waals surface area contributed by atoms with Gasteiger partial charge in [0.1, 0.15) is 17.5 Å². The summed E-state index contributed by atoms with van der Waals surface area (Å²) in [4.78, 5) is 28.5. The molecule has 2 aliphatic heterocycles. The number of aromatic nitrogens is 3. The van der Waals surface area contributed by atoms with Crippen molar-refractivity contribution < 1.29 is 23.8 Å². The summed E-state index contributed by atoms with van der Waals surface area (Å²) in [5.74, 6) is -0.165. The number of fused-ring (bicyclic) bond motifs is 3. The molecule has 1 unspecified atom stereocenters. The van der Waals surface area contributed by atoms with E-state index in [2.05, 4.69) is 10.4 Å². The molecular weight excluding hydrogens is 545 g/mol. The number of carbonyl (C=O) groups is 2. The number of nitrogens with one attached hydrogen (secondary N) is 1. The van der Waals surface area contributed by atoms with Crippen molar-refractivity contribution in [3.63, 3.8) is 0 Å². The number of carbonyl (C=O) groups excluding carboxylic acids is 2. The van der Waals surface area contributed by atoms with Crippen molar-refractivity contribution in [1.29, 1.82) is 0 Å². The second-order valence-corrected chi connectivity index (χ2v) is 11.5. The number of hydrogen-bond acceptors (Lipinski definition) is 6. The third kappa shape index (κ3) is 5.48. The smallest absolute Gasteiger partial charge is 0.412 e. The molecule has 39 heavy (non-hydrogen) atoms. The summed E-state index contributed by atoms with van der Waals surface area (Å²) >= 11 is 13.4. The first-order valence-corrected chi connectivity index (χ1v) is 13.8. The molecule has 1 saturated heterocycles. The van der Waals surface area contributed by atoms with Gasteiger partial charge in [0.15, 0.2) is 0 Å². The average molecular weight is 578 g/mol. The molecule has 0 radical (unpaired) electrons. The third-order valence-corrected chi connectivity index (χ3v) is 7.62. The lowest BCUT2D eigenvalue weighted by Gasteiger charge is -2.29. The lowest BCUT2D eigenvalue weighted by molar-refractivity contribution is -0.0394. The molecule has 10 nitrogen and oxygen atoms in total. The Morgan fingerprint density at radius 3 is 2.74 bits per heavy atom. The molecule has 1 N–H and O–H groups in total. The van der Waals surface area contributed by atoms with Crippen LogP contribution in [0.5, 0.6) is 0 Å². The van der Waals surface area contributed by atoms with Crippen LogP contribution in [0.25, 0.3) is 22.0 Å². The highest BCUT2D eigenvalue weighted by Gasteiger charge is 2.35. The van der Waals surface area contributed by atoms with Crippen molar-refractivity contribution in [2.45, 2.75) is 58.4 Å². The monoisotopic (exact) mass is 577 g/mol. The maximum Gasteiger partial charge on any atom is 0.412 e. The van der Waals surface area contributed by atoms with Crippen LogP contribution < -0.4 is 5.32 Å². The Bertz CT molecular complexity index is 1400. The Morgan fingerprint density at radius 2 is 2.05 bits per heavy atom. The number of rotatable bonds is 6. The summed E-state index contributed by atoms with van der Waals surface area (Å²) in [5.41, 5.74) is 2.03. The molecule has 2 amide bonds. The van der Waals surface area contributed by atoms with Crippen LogP contribution in [-0.2, 0) is 20.8 Å². The van der Waals surface area contributed by atoms with E-state index in [0.29, 0.717) is 71.3 Å². The van der Waals surface area contributed by atoms with Gasteiger partial charge >= 0.3 is 6.09 Å². The van der Waals surface area contributed by atoms with E-state index >= 15 is 0 Å². The second kappa shape index (κ2) is 11.0. The van der Waals surface area contributed by atoms with Gasteiger partial charge in [-0.15, -0.1) is 0 Å². The van der Waals surface area contributed by atoms with Gasteiger partial charge in [-0.05, 0) is 46.1 Å². The molecule has 12 heteroatoms. The number of methoxy groups -OCH3 is 1. The molecule has 2 aromatic heterocycles. The van der Waals surface area contributed by atoms with Crippen LogP contribution in [0.1, 0.15) is 56.8 Å². The van der Waals surface area contributed by atoms with Crippen molar-refractivity contribution in [2.24, 2.45) is 0 Å². The van der Waals surface area contributed by atoms with Crippen LogP contribution in [0.2, 0.25) is 10.0 Å². The molecule has 210 valence electrons. The molecule has 2 aliphatic rings. The SMILES string of the molecule is COCCN1CCn2c(c(-c3cnn(C4CCCCO4)c3)c3c(NC(=O)OC(C)(C)C)cc(Cl)c(Cl)c32)C1=O. The molecule has 0 aliphatic carbocycles. The summed E-state index contributed by atoms with van der Waals surface area (Å²) in [6.45, 7) is 7.87. The summed E-state index contributed by atoms with van der Waals surface area (Å²) in [6.07, 6.45) is 5.70. The van der Waals surface area contributed by atoms with Gasteiger partial charge < -0.3 is 23.7 Å². The van der Waals surface area contributed by atoms with Gasteiger partial charge in [-0.2, -0.15) is 5.10 Å². The van der Waals surface area contributed by atoms with Crippen molar-refractivity contribution >= 4 is 51.8 Å². The van der Waals surface area contributed by atoms with Crippen molar-refractivity contribution in [1.82, 2.24) is 19.2 Å².